The van der Waals surface area contributed by atoms with E-state index in [9.17, 15) is 5.11 Å². The van der Waals surface area contributed by atoms with Gasteiger partial charge in [0.05, 0.1) is 0 Å². The summed E-state index contributed by atoms with van der Waals surface area (Å²) in [6.07, 6.45) is 0. The molecule has 1 nitrogen and oxygen atoms in total. The van der Waals surface area contributed by atoms with Crippen molar-refractivity contribution >= 4 is 31.9 Å². The predicted molar refractivity (Wildman–Crippen MR) is 55.6 cm³/mol. The Labute approximate surface area is 89.1 Å². The Balaban J connectivity index is 3.31. The molecule has 1 rings (SSSR count). The summed E-state index contributed by atoms with van der Waals surface area (Å²) in [6, 6.07) is 5.64. The van der Waals surface area contributed by atoms with Crippen molar-refractivity contribution in [1.82, 2.24) is 0 Å². The van der Waals surface area contributed by atoms with Crippen molar-refractivity contribution in [3.63, 3.8) is 0 Å². The van der Waals surface area contributed by atoms with Crippen molar-refractivity contribution in [3.05, 3.63) is 32.7 Å². The second-order valence-electron chi connectivity index (χ2n) is 3.11. The van der Waals surface area contributed by atoms with Crippen LogP contribution in [0.3, 0.4) is 0 Å². The predicted octanol–water partition coefficient (Wildman–Crippen LogP) is 3.88. The lowest BCUT2D eigenvalue weighted by molar-refractivity contribution is -0.00135. The second-order valence-corrected chi connectivity index (χ2v) is 4.82. The van der Waals surface area contributed by atoms with Crippen molar-refractivity contribution in [2.24, 2.45) is 0 Å². The van der Waals surface area contributed by atoms with E-state index in [2.05, 4.69) is 31.9 Å². The molecule has 0 amide bonds. The Bertz CT molecular complexity index is 269. The largest absolute Gasteiger partial charge is 0.225 e. The lowest BCUT2D eigenvalue weighted by atomic mass is 9.99. The topological polar surface area (TPSA) is 19.9 Å². The van der Waals surface area contributed by atoms with Crippen LogP contribution in [0.2, 0.25) is 0 Å². The Hall–Kier alpha value is 0.140. The highest BCUT2D eigenvalue weighted by Crippen LogP contribution is 2.34. The van der Waals surface area contributed by atoms with Crippen molar-refractivity contribution < 1.29 is 5.11 Å². The first-order chi connectivity index (χ1) is 5.43. The third-order valence-electron chi connectivity index (χ3n) is 1.56. The summed E-state index contributed by atoms with van der Waals surface area (Å²) in [5.41, 5.74) is -0.302. The summed E-state index contributed by atoms with van der Waals surface area (Å²) in [5, 5.41) is 11.7. The highest BCUT2D eigenvalue weighted by molar-refractivity contribution is 9.11. The molecular formula is C9H9Br2O. The van der Waals surface area contributed by atoms with E-state index < -0.39 is 5.60 Å². The molecule has 0 unspecified atom stereocenters. The van der Waals surface area contributed by atoms with Crippen molar-refractivity contribution in [2.75, 3.05) is 0 Å². The molecule has 0 fully saturated rings. The quantitative estimate of drug-likeness (QED) is 0.749. The molecular weight excluding hydrogens is 284 g/mol. The van der Waals surface area contributed by atoms with Gasteiger partial charge in [-0.1, -0.05) is 37.9 Å². The molecule has 1 radical (unpaired) electrons. The van der Waals surface area contributed by atoms with Gasteiger partial charge in [0, 0.05) is 14.5 Å². The minimum absolute atomic E-state index is 0.769. The summed E-state index contributed by atoms with van der Waals surface area (Å²) in [4.78, 5) is 0. The minimum atomic E-state index is -1.07. The third-order valence-corrected chi connectivity index (χ3v) is 2.89. The van der Waals surface area contributed by atoms with Crippen LogP contribution in [0.15, 0.2) is 27.1 Å². The normalized spacial score (nSPS) is 11.8. The fraction of sp³-hybridized carbons (Fsp3) is 0.333. The Kier molecular flexibility index (Phi) is 2.97. The molecule has 0 N–H and O–H groups in total. The Morgan fingerprint density at radius 2 is 1.58 bits per heavy atom. The number of hydrogen-bond donors (Lipinski definition) is 0. The molecule has 0 bridgehead atoms. The van der Waals surface area contributed by atoms with Crippen LogP contribution in [-0.2, 0) is 10.7 Å². The zero-order valence-corrected chi connectivity index (χ0v) is 10.1. The minimum Gasteiger partial charge on any atom is -0.225 e. The lowest BCUT2D eigenvalue weighted by Gasteiger charge is -2.18. The van der Waals surface area contributed by atoms with Crippen LogP contribution in [0.1, 0.15) is 19.4 Å². The molecule has 0 spiro atoms. The first-order valence-corrected chi connectivity index (χ1v) is 5.16. The van der Waals surface area contributed by atoms with Gasteiger partial charge >= 0.3 is 0 Å². The Morgan fingerprint density at radius 3 is 1.83 bits per heavy atom. The lowest BCUT2D eigenvalue weighted by Crippen LogP contribution is -2.15. The monoisotopic (exact) mass is 291 g/mol. The number of rotatable bonds is 1. The van der Waals surface area contributed by atoms with Gasteiger partial charge in [0.2, 0.25) is 0 Å². The summed E-state index contributed by atoms with van der Waals surface area (Å²) in [7, 11) is 0. The fourth-order valence-electron chi connectivity index (χ4n) is 1.07. The molecule has 65 valence electrons. The molecule has 0 saturated carbocycles. The van der Waals surface area contributed by atoms with Gasteiger partial charge < -0.3 is 0 Å². The van der Waals surface area contributed by atoms with E-state index in [-0.39, 0.29) is 0 Å². The average molecular weight is 293 g/mol. The van der Waals surface area contributed by atoms with Crippen LogP contribution in [0, 0.1) is 0 Å². The summed E-state index contributed by atoms with van der Waals surface area (Å²) < 4.78 is 1.72. The molecule has 0 atom stereocenters. The molecule has 3 heteroatoms. The van der Waals surface area contributed by atoms with Crippen molar-refractivity contribution in [3.8, 4) is 0 Å². The van der Waals surface area contributed by atoms with Gasteiger partial charge in [-0.25, -0.2) is 5.11 Å². The summed E-state index contributed by atoms with van der Waals surface area (Å²) in [5.74, 6) is 0. The molecule has 0 heterocycles. The van der Waals surface area contributed by atoms with Gasteiger partial charge in [-0.05, 0) is 26.0 Å². The van der Waals surface area contributed by atoms with Crippen LogP contribution in [0.25, 0.3) is 0 Å². The summed E-state index contributed by atoms with van der Waals surface area (Å²) in [6.45, 7) is 3.30. The van der Waals surface area contributed by atoms with Gasteiger partial charge in [0.15, 0.2) is 0 Å². The standard InChI is InChI=1S/C9H9Br2O/c1-9(2,12)8-6(10)4-3-5-7(8)11/h3-5H,1-2H3. The van der Waals surface area contributed by atoms with Crippen LogP contribution in [0.5, 0.6) is 0 Å². The van der Waals surface area contributed by atoms with Gasteiger partial charge in [0.25, 0.3) is 0 Å². The number of benzene rings is 1. The molecule has 0 aliphatic heterocycles. The number of halogens is 2. The average Bonchev–Trinajstić information content (AvgIpc) is 1.82. The van der Waals surface area contributed by atoms with E-state index >= 15 is 0 Å². The first-order valence-electron chi connectivity index (χ1n) is 3.58. The van der Waals surface area contributed by atoms with Gasteiger partial charge in [-0.3, -0.25) is 0 Å². The van der Waals surface area contributed by atoms with Gasteiger partial charge in [0.1, 0.15) is 5.60 Å². The molecule has 0 aliphatic carbocycles. The van der Waals surface area contributed by atoms with E-state index in [4.69, 9.17) is 0 Å². The van der Waals surface area contributed by atoms with E-state index in [1.165, 1.54) is 0 Å². The van der Waals surface area contributed by atoms with Crippen LogP contribution in [-0.4, -0.2) is 0 Å². The molecule has 12 heavy (non-hydrogen) atoms. The summed E-state index contributed by atoms with van der Waals surface area (Å²) >= 11 is 6.71. The first kappa shape index (κ1) is 10.2. The second kappa shape index (κ2) is 3.48. The van der Waals surface area contributed by atoms with Gasteiger partial charge in [-0.2, -0.15) is 0 Å². The fourth-order valence-corrected chi connectivity index (χ4v) is 3.03. The Morgan fingerprint density at radius 1 is 1.17 bits per heavy atom. The maximum Gasteiger partial charge on any atom is 0.125 e. The van der Waals surface area contributed by atoms with Crippen LogP contribution < -0.4 is 0 Å². The van der Waals surface area contributed by atoms with E-state index in [0.29, 0.717) is 0 Å². The molecule has 1 aromatic carbocycles. The maximum absolute atomic E-state index is 11.7. The van der Waals surface area contributed by atoms with Crippen molar-refractivity contribution in [1.29, 1.82) is 0 Å². The third kappa shape index (κ3) is 2.09. The van der Waals surface area contributed by atoms with Crippen LogP contribution >= 0.6 is 31.9 Å². The van der Waals surface area contributed by atoms with E-state index in [1.807, 2.05) is 18.2 Å². The zero-order valence-electron chi connectivity index (χ0n) is 6.90. The SMILES string of the molecule is CC(C)([O])c1c(Br)cccc1Br. The molecule has 1 aromatic rings. The highest BCUT2D eigenvalue weighted by Gasteiger charge is 2.23. The van der Waals surface area contributed by atoms with E-state index in [0.717, 1.165) is 14.5 Å². The molecule has 0 aromatic heterocycles. The highest BCUT2D eigenvalue weighted by atomic mass is 79.9. The van der Waals surface area contributed by atoms with E-state index in [1.54, 1.807) is 13.8 Å². The van der Waals surface area contributed by atoms with Crippen molar-refractivity contribution in [2.45, 2.75) is 19.4 Å². The van der Waals surface area contributed by atoms with Crippen LogP contribution in [0.4, 0.5) is 0 Å². The smallest absolute Gasteiger partial charge is 0.125 e. The number of hydrogen-bond acceptors (Lipinski definition) is 0. The zero-order chi connectivity index (χ0) is 9.35. The maximum atomic E-state index is 11.7. The van der Waals surface area contributed by atoms with Gasteiger partial charge in [-0.15, -0.1) is 0 Å². The molecule has 0 aliphatic rings. The molecule has 0 saturated heterocycles.